The van der Waals surface area contributed by atoms with Crippen molar-refractivity contribution in [2.75, 3.05) is 6.61 Å². The molecule has 0 N–H and O–H groups in total. The van der Waals surface area contributed by atoms with E-state index in [-0.39, 0.29) is 6.61 Å². The molecule has 0 aliphatic carbocycles. The van der Waals surface area contributed by atoms with Gasteiger partial charge in [-0.25, -0.2) is 9.69 Å². The zero-order chi connectivity index (χ0) is 14.7. The van der Waals surface area contributed by atoms with Crippen molar-refractivity contribution in [1.82, 2.24) is 4.90 Å². The number of imide groups is 1. The van der Waals surface area contributed by atoms with E-state index in [1.165, 1.54) is 18.4 Å². The van der Waals surface area contributed by atoms with Crippen LogP contribution in [0.15, 0.2) is 59.2 Å². The van der Waals surface area contributed by atoms with Crippen LogP contribution in [0.3, 0.4) is 0 Å². The van der Waals surface area contributed by atoms with Crippen molar-refractivity contribution in [3.05, 3.63) is 66.1 Å². The van der Waals surface area contributed by atoms with E-state index in [0.29, 0.717) is 5.76 Å². The summed E-state index contributed by atoms with van der Waals surface area (Å²) in [7, 11) is 0. The minimum Gasteiger partial charge on any atom is -0.465 e. The second kappa shape index (κ2) is 5.66. The predicted octanol–water partition coefficient (Wildman–Crippen LogP) is 3.01. The van der Waals surface area contributed by atoms with Gasteiger partial charge in [0.05, 0.1) is 6.26 Å². The molecular weight excluding hydrogens is 270 g/mol. The molecule has 5 heteroatoms. The molecule has 1 aromatic heterocycles. The normalized spacial score (nSPS) is 18.2. The van der Waals surface area contributed by atoms with Gasteiger partial charge < -0.3 is 9.15 Å². The number of hydrogen-bond acceptors (Lipinski definition) is 4. The van der Waals surface area contributed by atoms with Crippen LogP contribution in [0.25, 0.3) is 6.08 Å². The molecule has 3 rings (SSSR count). The van der Waals surface area contributed by atoms with Crippen LogP contribution in [0.4, 0.5) is 4.79 Å². The number of furan rings is 1. The van der Waals surface area contributed by atoms with Gasteiger partial charge in [-0.2, -0.15) is 0 Å². The summed E-state index contributed by atoms with van der Waals surface area (Å²) in [5, 5.41) is 0. The summed E-state index contributed by atoms with van der Waals surface area (Å²) in [6, 6.07) is 12.4. The number of rotatable bonds is 3. The third-order valence-electron chi connectivity index (χ3n) is 3.23. The summed E-state index contributed by atoms with van der Waals surface area (Å²) in [5.74, 6) is 0.120. The SMILES string of the molecule is O=C(C=Cc1ccco1)N1C(=O)OC[C@@H]1c1ccccc1. The smallest absolute Gasteiger partial charge is 0.417 e. The van der Waals surface area contributed by atoms with Gasteiger partial charge in [0.25, 0.3) is 5.91 Å². The molecule has 21 heavy (non-hydrogen) atoms. The second-order valence-electron chi connectivity index (χ2n) is 4.56. The van der Waals surface area contributed by atoms with Gasteiger partial charge in [-0.15, -0.1) is 0 Å². The molecule has 1 saturated heterocycles. The predicted molar refractivity (Wildman–Crippen MR) is 75.1 cm³/mol. The molecule has 106 valence electrons. The lowest BCUT2D eigenvalue weighted by molar-refractivity contribution is -0.124. The van der Waals surface area contributed by atoms with E-state index in [2.05, 4.69) is 0 Å². The van der Waals surface area contributed by atoms with E-state index in [1.54, 1.807) is 12.1 Å². The maximum atomic E-state index is 12.2. The van der Waals surface area contributed by atoms with Gasteiger partial charge in [0, 0.05) is 6.08 Å². The Hall–Kier alpha value is -2.82. The lowest BCUT2D eigenvalue weighted by Gasteiger charge is -2.18. The Labute approximate surface area is 121 Å². The molecule has 0 saturated carbocycles. The van der Waals surface area contributed by atoms with E-state index in [9.17, 15) is 9.59 Å². The van der Waals surface area contributed by atoms with Crippen molar-refractivity contribution in [2.45, 2.75) is 6.04 Å². The fraction of sp³-hybridized carbons (Fsp3) is 0.125. The third-order valence-corrected chi connectivity index (χ3v) is 3.23. The molecule has 1 aliphatic rings. The number of nitrogens with zero attached hydrogens (tertiary/aromatic N) is 1. The van der Waals surface area contributed by atoms with Gasteiger partial charge in [0.15, 0.2) is 0 Å². The van der Waals surface area contributed by atoms with Crippen LogP contribution in [0, 0.1) is 0 Å². The van der Waals surface area contributed by atoms with Crippen molar-refractivity contribution in [3.63, 3.8) is 0 Å². The van der Waals surface area contributed by atoms with Gasteiger partial charge in [0.2, 0.25) is 0 Å². The molecule has 2 heterocycles. The monoisotopic (exact) mass is 283 g/mol. The Kier molecular flexibility index (Phi) is 3.55. The maximum absolute atomic E-state index is 12.2. The van der Waals surface area contributed by atoms with Crippen molar-refractivity contribution in [1.29, 1.82) is 0 Å². The quantitative estimate of drug-likeness (QED) is 0.812. The highest BCUT2D eigenvalue weighted by Gasteiger charge is 2.37. The Balaban J connectivity index is 1.81. The number of amides is 2. The Morgan fingerprint density at radius 2 is 2.00 bits per heavy atom. The first-order valence-corrected chi connectivity index (χ1v) is 6.52. The molecule has 0 spiro atoms. The average molecular weight is 283 g/mol. The molecule has 1 atom stereocenters. The summed E-state index contributed by atoms with van der Waals surface area (Å²) < 4.78 is 10.1. The van der Waals surface area contributed by atoms with Crippen molar-refractivity contribution in [3.8, 4) is 0 Å². The number of cyclic esters (lactones) is 1. The molecule has 0 radical (unpaired) electrons. The van der Waals surface area contributed by atoms with Gasteiger partial charge in [-0.05, 0) is 23.8 Å². The fourth-order valence-corrected chi connectivity index (χ4v) is 2.21. The Morgan fingerprint density at radius 3 is 2.71 bits per heavy atom. The zero-order valence-corrected chi connectivity index (χ0v) is 11.1. The highest BCUT2D eigenvalue weighted by molar-refractivity contribution is 6.01. The summed E-state index contributed by atoms with van der Waals surface area (Å²) in [6.45, 7) is 0.170. The first-order valence-electron chi connectivity index (χ1n) is 6.52. The van der Waals surface area contributed by atoms with Gasteiger partial charge in [-0.3, -0.25) is 4.79 Å². The Bertz CT molecular complexity index is 661. The fourth-order valence-electron chi connectivity index (χ4n) is 2.21. The van der Waals surface area contributed by atoms with Crippen LogP contribution in [-0.2, 0) is 9.53 Å². The number of hydrogen-bond donors (Lipinski definition) is 0. The topological polar surface area (TPSA) is 59.8 Å². The van der Waals surface area contributed by atoms with E-state index < -0.39 is 18.0 Å². The first-order chi connectivity index (χ1) is 10.3. The largest absolute Gasteiger partial charge is 0.465 e. The van der Waals surface area contributed by atoms with Crippen molar-refractivity contribution < 1.29 is 18.7 Å². The summed E-state index contributed by atoms with van der Waals surface area (Å²) >= 11 is 0. The van der Waals surface area contributed by atoms with Crippen LogP contribution >= 0.6 is 0 Å². The van der Waals surface area contributed by atoms with Crippen molar-refractivity contribution >= 4 is 18.1 Å². The van der Waals surface area contributed by atoms with Gasteiger partial charge >= 0.3 is 6.09 Å². The second-order valence-corrected chi connectivity index (χ2v) is 4.56. The minimum atomic E-state index is -0.627. The highest BCUT2D eigenvalue weighted by atomic mass is 16.6. The van der Waals surface area contributed by atoms with Crippen LogP contribution in [0.2, 0.25) is 0 Å². The molecule has 1 aliphatic heterocycles. The number of ether oxygens (including phenoxy) is 1. The van der Waals surface area contributed by atoms with Crippen LogP contribution in [0.5, 0.6) is 0 Å². The average Bonchev–Trinajstić information content (AvgIpc) is 3.15. The standard InChI is InChI=1S/C16H13NO4/c18-15(9-8-13-7-4-10-20-13)17-14(11-21-16(17)19)12-5-2-1-3-6-12/h1-10,14H,11H2/t14-/m1/s1. The lowest BCUT2D eigenvalue weighted by Crippen LogP contribution is -2.32. The molecule has 0 bridgehead atoms. The first kappa shape index (κ1) is 13.2. The minimum absolute atomic E-state index is 0.170. The zero-order valence-electron chi connectivity index (χ0n) is 11.1. The Morgan fingerprint density at radius 1 is 1.19 bits per heavy atom. The number of carbonyl (C=O) groups is 2. The van der Waals surface area contributed by atoms with E-state index in [0.717, 1.165) is 10.5 Å². The van der Waals surface area contributed by atoms with E-state index >= 15 is 0 Å². The molecule has 1 aromatic carbocycles. The third kappa shape index (κ3) is 2.72. The summed E-state index contributed by atoms with van der Waals surface area (Å²) in [5.41, 5.74) is 0.864. The van der Waals surface area contributed by atoms with Gasteiger partial charge in [-0.1, -0.05) is 30.3 Å². The molecule has 2 aromatic rings. The van der Waals surface area contributed by atoms with E-state index in [1.807, 2.05) is 30.3 Å². The molecule has 5 nitrogen and oxygen atoms in total. The van der Waals surface area contributed by atoms with Crippen LogP contribution in [-0.4, -0.2) is 23.5 Å². The highest BCUT2D eigenvalue weighted by Crippen LogP contribution is 2.27. The number of benzene rings is 1. The van der Waals surface area contributed by atoms with Gasteiger partial charge in [0.1, 0.15) is 18.4 Å². The van der Waals surface area contributed by atoms with E-state index in [4.69, 9.17) is 9.15 Å². The molecule has 0 unspecified atom stereocenters. The van der Waals surface area contributed by atoms with Crippen LogP contribution in [0.1, 0.15) is 17.4 Å². The van der Waals surface area contributed by atoms with Crippen LogP contribution < -0.4 is 0 Å². The lowest BCUT2D eigenvalue weighted by atomic mass is 10.1. The molecular formula is C16H13NO4. The maximum Gasteiger partial charge on any atom is 0.417 e. The number of carbonyl (C=O) groups excluding carboxylic acids is 2. The molecule has 1 fully saturated rings. The summed E-state index contributed by atoms with van der Waals surface area (Å²) in [4.78, 5) is 25.1. The summed E-state index contributed by atoms with van der Waals surface area (Å²) in [6.07, 6.45) is 3.72. The molecule has 2 amide bonds. The van der Waals surface area contributed by atoms with Crippen molar-refractivity contribution in [2.24, 2.45) is 0 Å².